The third kappa shape index (κ3) is 4.50. The summed E-state index contributed by atoms with van der Waals surface area (Å²) in [5.41, 5.74) is 1.98. The van der Waals surface area contributed by atoms with Crippen molar-refractivity contribution >= 4 is 8.56 Å². The normalized spacial score (nSPS) is 20.2. The van der Waals surface area contributed by atoms with Crippen molar-refractivity contribution in [1.82, 2.24) is 9.55 Å². The number of nitrogens with two attached hydrogens (primary N) is 1. The molecule has 3 N–H and O–H groups in total. The maximum atomic E-state index is 6.71. The molecule has 4 atom stereocenters. The van der Waals surface area contributed by atoms with Gasteiger partial charge in [-0.2, -0.15) is 0 Å². The topological polar surface area (TPSA) is 41.3 Å². The zero-order valence-corrected chi connectivity index (χ0v) is 14.2. The molecule has 4 unspecified atom stereocenters. The average molecular weight is 272 g/mol. The lowest BCUT2D eigenvalue weighted by Crippen LogP contribution is -2.75. The molecule has 0 saturated carbocycles. The van der Waals surface area contributed by atoms with Crippen LogP contribution >= 0.6 is 0 Å². The number of nitrogens with zero attached hydrogens (tertiary/aromatic N) is 1. The summed E-state index contributed by atoms with van der Waals surface area (Å²) in [6.07, 6.45) is 3.33. The van der Waals surface area contributed by atoms with Gasteiger partial charge in [0, 0.05) is 12.1 Å². The van der Waals surface area contributed by atoms with Crippen LogP contribution in [0.5, 0.6) is 0 Å². The monoisotopic (exact) mass is 271 g/mol. The van der Waals surface area contributed by atoms with Crippen LogP contribution in [-0.4, -0.2) is 31.2 Å². The van der Waals surface area contributed by atoms with Gasteiger partial charge in [0.05, 0.1) is 0 Å². The Balaban J connectivity index is 5.17. The van der Waals surface area contributed by atoms with Crippen molar-refractivity contribution in [3.63, 3.8) is 0 Å². The summed E-state index contributed by atoms with van der Waals surface area (Å²) in [5.74, 6) is 0. The van der Waals surface area contributed by atoms with Crippen molar-refractivity contribution < 1.29 is 0 Å². The van der Waals surface area contributed by atoms with Gasteiger partial charge in [-0.3, -0.25) is 4.57 Å². The highest BCUT2D eigenvalue weighted by Gasteiger charge is 2.39. The van der Waals surface area contributed by atoms with Crippen LogP contribution in [0.4, 0.5) is 0 Å². The van der Waals surface area contributed by atoms with Crippen LogP contribution in [-0.2, 0) is 0 Å². The molecule has 0 aliphatic carbocycles. The molecule has 3 nitrogen and oxygen atoms in total. The Hall–Kier alpha value is -0.163. The van der Waals surface area contributed by atoms with E-state index in [1.165, 1.54) is 0 Å². The van der Waals surface area contributed by atoms with Gasteiger partial charge in [0.15, 0.2) is 0 Å². The van der Waals surface area contributed by atoms with Crippen molar-refractivity contribution in [2.24, 2.45) is 5.40 Å². The van der Waals surface area contributed by atoms with Crippen LogP contribution in [0.15, 0.2) is 12.3 Å². The largest absolute Gasteiger partial charge is 0.323 e. The Kier molecular flexibility index (Phi) is 8.02. The van der Waals surface area contributed by atoms with Gasteiger partial charge in [-0.05, 0) is 25.3 Å². The summed E-state index contributed by atoms with van der Waals surface area (Å²) >= 11 is 0. The molecule has 0 radical (unpaired) electrons. The lowest BCUT2D eigenvalue weighted by atomic mass is 10.2. The molecule has 0 aliphatic rings. The summed E-state index contributed by atoms with van der Waals surface area (Å²) in [5, 5.41) is 6.71. The van der Waals surface area contributed by atoms with Crippen LogP contribution < -0.4 is 10.4 Å². The molecule has 0 heterocycles. The van der Waals surface area contributed by atoms with Gasteiger partial charge in [0.1, 0.15) is 0 Å². The highest BCUT2D eigenvalue weighted by Crippen LogP contribution is 2.18. The molecule has 0 aromatic rings. The molecule has 18 heavy (non-hydrogen) atoms. The molecule has 0 aromatic heterocycles. The predicted octanol–water partition coefficient (Wildman–Crippen LogP) is 2.90. The number of rotatable bonds is 9. The standard InChI is InChI=1S/C14H33N3Si/c1-8-12(5)16-18(15,11-4)17(13(6)9-2)14(7)10-3/h11-14,16H,4,8-10,15H2,1-3,5-7H3. The van der Waals surface area contributed by atoms with Crippen LogP contribution in [0.25, 0.3) is 0 Å². The van der Waals surface area contributed by atoms with E-state index in [-0.39, 0.29) is 0 Å². The molecule has 0 rings (SSSR count). The lowest BCUT2D eigenvalue weighted by molar-refractivity contribution is 0.245. The van der Waals surface area contributed by atoms with Crippen LogP contribution in [0.2, 0.25) is 0 Å². The van der Waals surface area contributed by atoms with Gasteiger partial charge in [-0.25, -0.2) is 0 Å². The number of hydrogen-bond donors (Lipinski definition) is 2. The average Bonchev–Trinajstić information content (AvgIpc) is 2.37. The molecule has 0 amide bonds. The minimum atomic E-state index is -2.26. The molecule has 0 aromatic carbocycles. The zero-order chi connectivity index (χ0) is 14.3. The van der Waals surface area contributed by atoms with Gasteiger partial charge in [0.25, 0.3) is 0 Å². The Morgan fingerprint density at radius 2 is 1.56 bits per heavy atom. The zero-order valence-electron chi connectivity index (χ0n) is 13.2. The summed E-state index contributed by atoms with van der Waals surface area (Å²) in [7, 11) is -2.26. The highest BCUT2D eigenvalue weighted by molar-refractivity contribution is 6.76. The smallest absolute Gasteiger partial charge is 0.307 e. The first-order valence-corrected chi connectivity index (χ1v) is 9.44. The van der Waals surface area contributed by atoms with Crippen molar-refractivity contribution in [3.8, 4) is 0 Å². The SMILES string of the molecule is C=C[Si](N)(NC(C)CC)N(C(C)CC)C(C)CC. The highest BCUT2D eigenvalue weighted by atomic mass is 28.4. The van der Waals surface area contributed by atoms with Gasteiger partial charge < -0.3 is 10.4 Å². The molecule has 4 heteroatoms. The third-order valence-electron chi connectivity index (χ3n) is 3.96. The Labute approximate surface area is 115 Å². The Morgan fingerprint density at radius 1 is 1.11 bits per heavy atom. The maximum Gasteiger partial charge on any atom is 0.307 e. The maximum absolute atomic E-state index is 6.71. The van der Waals surface area contributed by atoms with E-state index in [1.54, 1.807) is 0 Å². The fourth-order valence-corrected chi connectivity index (χ4v) is 5.59. The van der Waals surface area contributed by atoms with Crippen molar-refractivity contribution in [2.45, 2.75) is 78.9 Å². The lowest BCUT2D eigenvalue weighted by Gasteiger charge is -2.45. The predicted molar refractivity (Wildman–Crippen MR) is 84.4 cm³/mol. The quantitative estimate of drug-likeness (QED) is 0.634. The third-order valence-corrected chi connectivity index (χ3v) is 7.27. The first-order valence-electron chi connectivity index (χ1n) is 7.34. The summed E-state index contributed by atoms with van der Waals surface area (Å²) in [6.45, 7) is 17.4. The minimum Gasteiger partial charge on any atom is -0.323 e. The second-order valence-corrected chi connectivity index (χ2v) is 8.27. The van der Waals surface area contributed by atoms with E-state index in [0.29, 0.717) is 18.1 Å². The second-order valence-electron chi connectivity index (χ2n) is 5.40. The fraction of sp³-hybridized carbons (Fsp3) is 0.857. The summed E-state index contributed by atoms with van der Waals surface area (Å²) < 4.78 is 2.49. The number of nitrogens with one attached hydrogen (secondary N) is 1. The van der Waals surface area contributed by atoms with E-state index in [9.17, 15) is 0 Å². The molecule has 0 aliphatic heterocycles. The fourth-order valence-electron chi connectivity index (χ4n) is 2.29. The summed E-state index contributed by atoms with van der Waals surface area (Å²) in [6, 6.07) is 1.42. The number of hydrogen-bond acceptors (Lipinski definition) is 3. The van der Waals surface area contributed by atoms with Crippen molar-refractivity contribution in [1.29, 1.82) is 0 Å². The molecule has 108 valence electrons. The first kappa shape index (κ1) is 17.8. The van der Waals surface area contributed by atoms with Gasteiger partial charge in [-0.15, -0.1) is 6.58 Å². The van der Waals surface area contributed by atoms with Gasteiger partial charge in [-0.1, -0.05) is 47.2 Å². The Bertz CT molecular complexity index is 237. The molecular formula is C14H33N3Si. The van der Waals surface area contributed by atoms with Crippen LogP contribution in [0.1, 0.15) is 60.8 Å². The van der Waals surface area contributed by atoms with Gasteiger partial charge in [0.2, 0.25) is 0 Å². The van der Waals surface area contributed by atoms with E-state index in [4.69, 9.17) is 5.40 Å². The molecule has 0 spiro atoms. The second kappa shape index (κ2) is 8.10. The van der Waals surface area contributed by atoms with E-state index < -0.39 is 8.56 Å². The summed E-state index contributed by atoms with van der Waals surface area (Å²) in [4.78, 5) is 3.65. The molecular weight excluding hydrogens is 238 g/mol. The van der Waals surface area contributed by atoms with E-state index in [1.807, 2.05) is 5.70 Å². The van der Waals surface area contributed by atoms with Crippen LogP contribution in [0, 0.1) is 0 Å². The molecule has 0 saturated heterocycles. The molecule has 0 bridgehead atoms. The van der Waals surface area contributed by atoms with Crippen LogP contribution in [0.3, 0.4) is 0 Å². The minimum absolute atomic E-state index is 0.440. The van der Waals surface area contributed by atoms with E-state index in [0.717, 1.165) is 19.3 Å². The van der Waals surface area contributed by atoms with E-state index >= 15 is 0 Å². The van der Waals surface area contributed by atoms with Crippen molar-refractivity contribution in [2.75, 3.05) is 0 Å². The molecule has 0 fully saturated rings. The Morgan fingerprint density at radius 3 is 1.83 bits per heavy atom. The van der Waals surface area contributed by atoms with Crippen molar-refractivity contribution in [3.05, 3.63) is 12.3 Å². The van der Waals surface area contributed by atoms with E-state index in [2.05, 4.69) is 57.7 Å². The first-order chi connectivity index (χ1) is 8.36. The van der Waals surface area contributed by atoms with Gasteiger partial charge >= 0.3 is 8.56 Å².